The third-order valence-electron chi connectivity index (χ3n) is 3.85. The van der Waals surface area contributed by atoms with Gasteiger partial charge in [0.25, 0.3) is 0 Å². The molecule has 0 aromatic carbocycles. The van der Waals surface area contributed by atoms with E-state index in [0.29, 0.717) is 12.0 Å². The van der Waals surface area contributed by atoms with Crippen LogP contribution in [-0.2, 0) is 9.53 Å². The summed E-state index contributed by atoms with van der Waals surface area (Å²) in [5.74, 6) is -0.416. The Morgan fingerprint density at radius 2 is 2.17 bits per heavy atom. The number of aliphatic hydroxyl groups is 1. The first-order valence-electron chi connectivity index (χ1n) is 6.40. The van der Waals surface area contributed by atoms with E-state index in [1.165, 1.54) is 5.57 Å². The van der Waals surface area contributed by atoms with E-state index in [0.717, 1.165) is 24.8 Å². The SMILES string of the molecule is C=C1C(=O)O[C@@H]2C/C(C)=C/CCC(=C)[C@@H](O)C[C@H]12. The Hall–Kier alpha value is -1.35. The smallest absolute Gasteiger partial charge is 0.334 e. The van der Waals surface area contributed by atoms with Gasteiger partial charge in [-0.3, -0.25) is 0 Å². The number of aliphatic hydroxyl groups excluding tert-OH is 1. The summed E-state index contributed by atoms with van der Waals surface area (Å²) in [7, 11) is 0. The summed E-state index contributed by atoms with van der Waals surface area (Å²) in [5, 5.41) is 10.1. The molecule has 98 valence electrons. The third kappa shape index (κ3) is 2.56. The van der Waals surface area contributed by atoms with Crippen LogP contribution in [0.25, 0.3) is 0 Å². The fourth-order valence-electron chi connectivity index (χ4n) is 2.63. The zero-order valence-corrected chi connectivity index (χ0v) is 10.8. The highest BCUT2D eigenvalue weighted by Gasteiger charge is 2.39. The summed E-state index contributed by atoms with van der Waals surface area (Å²) in [6, 6.07) is 0. The van der Waals surface area contributed by atoms with Crippen LogP contribution in [-0.4, -0.2) is 23.3 Å². The minimum atomic E-state index is -0.574. The lowest BCUT2D eigenvalue weighted by Crippen LogP contribution is -2.24. The Labute approximate surface area is 108 Å². The van der Waals surface area contributed by atoms with E-state index in [1.54, 1.807) is 0 Å². The molecule has 0 unspecified atom stereocenters. The Balaban J connectivity index is 2.25. The first-order valence-corrected chi connectivity index (χ1v) is 6.40. The van der Waals surface area contributed by atoms with E-state index in [-0.39, 0.29) is 18.0 Å². The van der Waals surface area contributed by atoms with E-state index in [2.05, 4.69) is 19.2 Å². The van der Waals surface area contributed by atoms with Crippen molar-refractivity contribution in [1.29, 1.82) is 0 Å². The quantitative estimate of drug-likeness (QED) is 0.407. The van der Waals surface area contributed by atoms with Gasteiger partial charge >= 0.3 is 5.97 Å². The van der Waals surface area contributed by atoms with E-state index in [9.17, 15) is 9.90 Å². The second-order valence-corrected chi connectivity index (χ2v) is 5.28. The second-order valence-electron chi connectivity index (χ2n) is 5.28. The highest BCUT2D eigenvalue weighted by atomic mass is 16.6. The number of hydrogen-bond donors (Lipinski definition) is 1. The molecule has 1 heterocycles. The van der Waals surface area contributed by atoms with Crippen molar-refractivity contribution in [1.82, 2.24) is 0 Å². The average Bonchev–Trinajstić information content (AvgIpc) is 2.56. The van der Waals surface area contributed by atoms with Gasteiger partial charge in [-0.15, -0.1) is 0 Å². The first-order chi connectivity index (χ1) is 8.49. The lowest BCUT2D eigenvalue weighted by molar-refractivity contribution is -0.139. The zero-order valence-electron chi connectivity index (χ0n) is 10.8. The van der Waals surface area contributed by atoms with Gasteiger partial charge in [0, 0.05) is 17.9 Å². The van der Waals surface area contributed by atoms with Crippen LogP contribution in [0.15, 0.2) is 36.0 Å². The van der Waals surface area contributed by atoms with Crippen LogP contribution >= 0.6 is 0 Å². The zero-order chi connectivity index (χ0) is 13.3. The molecule has 2 rings (SSSR count). The van der Waals surface area contributed by atoms with Crippen molar-refractivity contribution in [3.05, 3.63) is 36.0 Å². The summed E-state index contributed by atoms with van der Waals surface area (Å²) in [6.45, 7) is 9.76. The molecule has 3 heteroatoms. The molecule has 0 saturated carbocycles. The lowest BCUT2D eigenvalue weighted by Gasteiger charge is -2.23. The fraction of sp³-hybridized carbons (Fsp3) is 0.533. The minimum absolute atomic E-state index is 0.0919. The molecule has 3 atom stereocenters. The number of hydrogen-bond acceptors (Lipinski definition) is 3. The van der Waals surface area contributed by atoms with Crippen molar-refractivity contribution in [2.45, 2.75) is 44.8 Å². The first kappa shape index (κ1) is 13.1. The van der Waals surface area contributed by atoms with Gasteiger partial charge in [0.05, 0.1) is 6.10 Å². The molecule has 1 saturated heterocycles. The van der Waals surface area contributed by atoms with Gasteiger partial charge < -0.3 is 9.84 Å². The Morgan fingerprint density at radius 3 is 2.89 bits per heavy atom. The van der Waals surface area contributed by atoms with E-state index in [4.69, 9.17) is 4.74 Å². The number of rotatable bonds is 0. The van der Waals surface area contributed by atoms with Crippen molar-refractivity contribution in [3.63, 3.8) is 0 Å². The number of carbonyl (C=O) groups is 1. The highest BCUT2D eigenvalue weighted by molar-refractivity contribution is 5.90. The molecule has 0 radical (unpaired) electrons. The normalized spacial score (nSPS) is 36.7. The Morgan fingerprint density at radius 1 is 1.44 bits per heavy atom. The van der Waals surface area contributed by atoms with E-state index in [1.807, 2.05) is 6.92 Å². The summed E-state index contributed by atoms with van der Waals surface area (Å²) in [6.07, 6.45) is 4.27. The van der Waals surface area contributed by atoms with Crippen molar-refractivity contribution >= 4 is 5.97 Å². The monoisotopic (exact) mass is 248 g/mol. The number of allylic oxidation sites excluding steroid dienone is 1. The lowest BCUT2D eigenvalue weighted by atomic mass is 9.84. The predicted molar refractivity (Wildman–Crippen MR) is 69.9 cm³/mol. The maximum Gasteiger partial charge on any atom is 0.334 e. The van der Waals surface area contributed by atoms with E-state index < -0.39 is 6.10 Å². The van der Waals surface area contributed by atoms with Gasteiger partial charge in [-0.25, -0.2) is 4.79 Å². The molecule has 1 N–H and O–H groups in total. The number of carbonyl (C=O) groups excluding carboxylic acids is 1. The predicted octanol–water partition coefficient (Wildman–Crippen LogP) is 2.52. The van der Waals surface area contributed by atoms with Crippen molar-refractivity contribution in [3.8, 4) is 0 Å². The molecular formula is C15H20O3. The van der Waals surface area contributed by atoms with Crippen molar-refractivity contribution in [2.24, 2.45) is 5.92 Å². The van der Waals surface area contributed by atoms with Gasteiger partial charge in [-0.1, -0.05) is 24.8 Å². The minimum Gasteiger partial charge on any atom is -0.458 e. The molecule has 0 spiro atoms. The maximum absolute atomic E-state index is 11.6. The van der Waals surface area contributed by atoms with Crippen LogP contribution in [0.4, 0.5) is 0 Å². The van der Waals surface area contributed by atoms with Crippen molar-refractivity contribution in [2.75, 3.05) is 0 Å². The molecule has 0 amide bonds. The standard InChI is InChI=1S/C15H20O3/c1-9-5-4-6-10(2)13(16)8-12-11(3)15(17)18-14(12)7-9/h5,12-14,16H,2-4,6-8H2,1H3/b9-5+/t12-,13+,14-/m1/s1. The summed E-state index contributed by atoms with van der Waals surface area (Å²) >= 11 is 0. The molecule has 1 aliphatic heterocycles. The largest absolute Gasteiger partial charge is 0.458 e. The number of esters is 1. The van der Waals surface area contributed by atoms with Crippen molar-refractivity contribution < 1.29 is 14.6 Å². The van der Waals surface area contributed by atoms with Gasteiger partial charge in [-0.05, 0) is 31.8 Å². The van der Waals surface area contributed by atoms with Gasteiger partial charge in [-0.2, -0.15) is 0 Å². The molecule has 0 aromatic heterocycles. The van der Waals surface area contributed by atoms with Crippen LogP contribution in [0.3, 0.4) is 0 Å². The molecule has 3 nitrogen and oxygen atoms in total. The van der Waals surface area contributed by atoms with Gasteiger partial charge in [0.2, 0.25) is 0 Å². The Bertz CT molecular complexity index is 419. The van der Waals surface area contributed by atoms with Gasteiger partial charge in [0.1, 0.15) is 6.10 Å². The number of fused-ring (bicyclic) bond motifs is 1. The molecular weight excluding hydrogens is 228 g/mol. The maximum atomic E-state index is 11.6. The van der Waals surface area contributed by atoms with Crippen LogP contribution in [0.5, 0.6) is 0 Å². The average molecular weight is 248 g/mol. The topological polar surface area (TPSA) is 46.5 Å². The van der Waals surface area contributed by atoms with E-state index >= 15 is 0 Å². The molecule has 1 fully saturated rings. The molecule has 0 bridgehead atoms. The van der Waals surface area contributed by atoms with Crippen LogP contribution in [0.1, 0.15) is 32.6 Å². The summed E-state index contributed by atoms with van der Waals surface area (Å²) in [5.41, 5.74) is 2.53. The van der Waals surface area contributed by atoms with Crippen LogP contribution < -0.4 is 0 Å². The number of ether oxygens (including phenoxy) is 1. The van der Waals surface area contributed by atoms with Crippen LogP contribution in [0.2, 0.25) is 0 Å². The second kappa shape index (κ2) is 5.11. The molecule has 1 aliphatic carbocycles. The van der Waals surface area contributed by atoms with Crippen LogP contribution in [0, 0.1) is 5.92 Å². The highest BCUT2D eigenvalue weighted by Crippen LogP contribution is 2.36. The summed E-state index contributed by atoms with van der Waals surface area (Å²) < 4.78 is 5.34. The Kier molecular flexibility index (Phi) is 3.71. The molecule has 0 aromatic rings. The third-order valence-corrected chi connectivity index (χ3v) is 3.85. The molecule has 18 heavy (non-hydrogen) atoms. The van der Waals surface area contributed by atoms with Gasteiger partial charge in [0.15, 0.2) is 0 Å². The molecule has 2 aliphatic rings. The summed E-state index contributed by atoms with van der Waals surface area (Å²) in [4.78, 5) is 11.6. The fourth-order valence-corrected chi connectivity index (χ4v) is 2.63.